The second-order valence-corrected chi connectivity index (χ2v) is 5.59. The molecule has 0 aromatic rings. The molecule has 0 bridgehead atoms. The molecule has 17 heavy (non-hydrogen) atoms. The molecule has 4 nitrogen and oxygen atoms in total. The van der Waals surface area contributed by atoms with Crippen molar-refractivity contribution in [1.82, 2.24) is 5.32 Å². The van der Waals surface area contributed by atoms with Crippen LogP contribution in [0.1, 0.15) is 52.9 Å². The van der Waals surface area contributed by atoms with Crippen molar-refractivity contribution in [2.45, 2.75) is 58.9 Å². The fraction of sp³-hybridized carbons (Fsp3) is 0.846. The first-order valence-electron chi connectivity index (χ1n) is 6.41. The summed E-state index contributed by atoms with van der Waals surface area (Å²) in [5.74, 6) is -1.09. The summed E-state index contributed by atoms with van der Waals surface area (Å²) in [6.45, 7) is 5.96. The molecule has 0 aromatic heterocycles. The van der Waals surface area contributed by atoms with Crippen molar-refractivity contribution in [1.29, 1.82) is 0 Å². The zero-order chi connectivity index (χ0) is 13.1. The fourth-order valence-corrected chi connectivity index (χ4v) is 2.59. The molecule has 1 rings (SSSR count). The second-order valence-electron chi connectivity index (χ2n) is 5.59. The molecule has 2 N–H and O–H groups in total. The highest BCUT2D eigenvalue weighted by Gasteiger charge is 2.38. The van der Waals surface area contributed by atoms with Crippen LogP contribution in [0, 0.1) is 11.3 Å². The van der Waals surface area contributed by atoms with Gasteiger partial charge in [-0.05, 0) is 24.7 Å². The smallest absolute Gasteiger partial charge is 0.326 e. The summed E-state index contributed by atoms with van der Waals surface area (Å²) in [6.07, 6.45) is 4.55. The minimum Gasteiger partial charge on any atom is -0.480 e. The minimum absolute atomic E-state index is 0.0148. The molecule has 1 saturated carbocycles. The molecule has 1 aliphatic rings. The number of nitrogens with one attached hydrogen (secondary N) is 1. The maximum atomic E-state index is 12.1. The van der Waals surface area contributed by atoms with Gasteiger partial charge in [-0.3, -0.25) is 4.79 Å². The Bertz CT molecular complexity index is 299. The largest absolute Gasteiger partial charge is 0.480 e. The highest BCUT2D eigenvalue weighted by atomic mass is 16.4. The van der Waals surface area contributed by atoms with Crippen molar-refractivity contribution in [2.24, 2.45) is 11.3 Å². The lowest BCUT2D eigenvalue weighted by molar-refractivity contribution is -0.143. The first-order chi connectivity index (χ1) is 7.88. The van der Waals surface area contributed by atoms with E-state index >= 15 is 0 Å². The van der Waals surface area contributed by atoms with Crippen molar-refractivity contribution in [3.8, 4) is 0 Å². The number of carbonyl (C=O) groups is 2. The van der Waals surface area contributed by atoms with Crippen molar-refractivity contribution in [2.75, 3.05) is 0 Å². The highest BCUT2D eigenvalue weighted by Crippen LogP contribution is 2.40. The fourth-order valence-electron chi connectivity index (χ4n) is 2.59. The standard InChI is InChI=1S/C13H23NO3/c1-4-10(12(16)17)14-11(15)9-7-5-6-8-13(9,2)3/h9-10H,4-8H2,1-3H3,(H,14,15)(H,16,17)/t9?,10-/m1/s1. The molecule has 1 fully saturated rings. The molecule has 0 saturated heterocycles. The van der Waals surface area contributed by atoms with E-state index in [0.717, 1.165) is 25.7 Å². The number of carbonyl (C=O) groups excluding carboxylic acids is 1. The summed E-state index contributed by atoms with van der Waals surface area (Å²) in [5.41, 5.74) is -0.0148. The van der Waals surface area contributed by atoms with Crippen LogP contribution in [0.3, 0.4) is 0 Å². The van der Waals surface area contributed by atoms with Crippen LogP contribution in [-0.4, -0.2) is 23.0 Å². The van der Waals surface area contributed by atoms with Gasteiger partial charge in [0.2, 0.25) is 5.91 Å². The molecule has 1 aliphatic carbocycles. The normalized spacial score (nSPS) is 25.0. The van der Waals surface area contributed by atoms with E-state index in [1.165, 1.54) is 0 Å². The van der Waals surface area contributed by atoms with Crippen LogP contribution in [-0.2, 0) is 9.59 Å². The number of hydrogen-bond acceptors (Lipinski definition) is 2. The van der Waals surface area contributed by atoms with Gasteiger partial charge in [0, 0.05) is 5.92 Å². The summed E-state index contributed by atoms with van der Waals surface area (Å²) >= 11 is 0. The molecule has 2 atom stereocenters. The van der Waals surface area contributed by atoms with Gasteiger partial charge in [-0.15, -0.1) is 0 Å². The molecule has 98 valence electrons. The van der Waals surface area contributed by atoms with Gasteiger partial charge in [0.1, 0.15) is 6.04 Å². The number of carboxylic acid groups (broad SMARTS) is 1. The summed E-state index contributed by atoms with van der Waals surface area (Å²) in [6, 6.07) is -0.750. The van der Waals surface area contributed by atoms with E-state index in [-0.39, 0.29) is 17.2 Å². The predicted octanol–water partition coefficient (Wildman–Crippen LogP) is 2.18. The van der Waals surface area contributed by atoms with E-state index in [1.807, 2.05) is 0 Å². The highest BCUT2D eigenvalue weighted by molar-refractivity contribution is 5.85. The lowest BCUT2D eigenvalue weighted by Crippen LogP contribution is -2.47. The van der Waals surface area contributed by atoms with Crippen LogP contribution in [0.5, 0.6) is 0 Å². The van der Waals surface area contributed by atoms with Crippen LogP contribution < -0.4 is 5.32 Å². The maximum Gasteiger partial charge on any atom is 0.326 e. The average molecular weight is 241 g/mol. The summed E-state index contributed by atoms with van der Waals surface area (Å²) in [4.78, 5) is 23.0. The molecule has 4 heteroatoms. The summed E-state index contributed by atoms with van der Waals surface area (Å²) in [7, 11) is 0. The van der Waals surface area contributed by atoms with E-state index in [4.69, 9.17) is 5.11 Å². The zero-order valence-electron chi connectivity index (χ0n) is 11.0. The molecule has 0 aliphatic heterocycles. The predicted molar refractivity (Wildman–Crippen MR) is 65.6 cm³/mol. The Morgan fingerprint density at radius 1 is 1.41 bits per heavy atom. The molecular formula is C13H23NO3. The van der Waals surface area contributed by atoms with Gasteiger partial charge in [-0.2, -0.15) is 0 Å². The molecule has 1 amide bonds. The number of hydrogen-bond donors (Lipinski definition) is 2. The average Bonchev–Trinajstić information content (AvgIpc) is 2.24. The van der Waals surface area contributed by atoms with Crippen LogP contribution >= 0.6 is 0 Å². The van der Waals surface area contributed by atoms with Crippen molar-refractivity contribution in [3.05, 3.63) is 0 Å². The van der Waals surface area contributed by atoms with Crippen LogP contribution in [0.25, 0.3) is 0 Å². The molecular weight excluding hydrogens is 218 g/mol. The molecule has 0 aromatic carbocycles. The maximum absolute atomic E-state index is 12.1. The quantitative estimate of drug-likeness (QED) is 0.792. The summed E-state index contributed by atoms with van der Waals surface area (Å²) in [5, 5.41) is 11.6. The Hall–Kier alpha value is -1.06. The van der Waals surface area contributed by atoms with Crippen molar-refractivity contribution in [3.63, 3.8) is 0 Å². The number of carboxylic acids is 1. The van der Waals surface area contributed by atoms with Crippen LogP contribution in [0.2, 0.25) is 0 Å². The van der Waals surface area contributed by atoms with Gasteiger partial charge in [-0.25, -0.2) is 4.79 Å². The number of amides is 1. The van der Waals surface area contributed by atoms with Gasteiger partial charge < -0.3 is 10.4 Å². The van der Waals surface area contributed by atoms with Crippen molar-refractivity contribution >= 4 is 11.9 Å². The van der Waals surface area contributed by atoms with E-state index in [2.05, 4.69) is 19.2 Å². The monoisotopic (exact) mass is 241 g/mol. The van der Waals surface area contributed by atoms with E-state index in [1.54, 1.807) is 6.92 Å². The lowest BCUT2D eigenvalue weighted by Gasteiger charge is -2.37. The topological polar surface area (TPSA) is 66.4 Å². The van der Waals surface area contributed by atoms with Crippen LogP contribution in [0.4, 0.5) is 0 Å². The third-order valence-electron chi connectivity index (χ3n) is 3.85. The van der Waals surface area contributed by atoms with Gasteiger partial charge >= 0.3 is 5.97 Å². The summed E-state index contributed by atoms with van der Waals surface area (Å²) < 4.78 is 0. The van der Waals surface area contributed by atoms with Gasteiger partial charge in [0.25, 0.3) is 0 Å². The van der Waals surface area contributed by atoms with E-state index in [9.17, 15) is 9.59 Å². The SMILES string of the molecule is CC[C@@H](NC(=O)C1CCCCC1(C)C)C(=O)O. The van der Waals surface area contributed by atoms with Gasteiger partial charge in [0.05, 0.1) is 0 Å². The Morgan fingerprint density at radius 2 is 2.06 bits per heavy atom. The third-order valence-corrected chi connectivity index (χ3v) is 3.85. The van der Waals surface area contributed by atoms with Crippen LogP contribution in [0.15, 0.2) is 0 Å². The third kappa shape index (κ3) is 3.45. The van der Waals surface area contributed by atoms with Crippen molar-refractivity contribution < 1.29 is 14.7 Å². The van der Waals surface area contributed by atoms with E-state index in [0.29, 0.717) is 6.42 Å². The molecule has 0 radical (unpaired) electrons. The first-order valence-corrected chi connectivity index (χ1v) is 6.41. The zero-order valence-corrected chi connectivity index (χ0v) is 11.0. The van der Waals surface area contributed by atoms with Gasteiger partial charge in [-0.1, -0.05) is 33.6 Å². The number of aliphatic carboxylic acids is 1. The first kappa shape index (κ1) is 14.0. The number of rotatable bonds is 4. The second kappa shape index (κ2) is 5.52. The Labute approximate surface area is 103 Å². The van der Waals surface area contributed by atoms with Gasteiger partial charge in [0.15, 0.2) is 0 Å². The molecule has 1 unspecified atom stereocenters. The Kier molecular flexibility index (Phi) is 4.54. The Morgan fingerprint density at radius 3 is 2.53 bits per heavy atom. The Balaban J connectivity index is 2.65. The van der Waals surface area contributed by atoms with E-state index < -0.39 is 12.0 Å². The minimum atomic E-state index is -0.950. The lowest BCUT2D eigenvalue weighted by atomic mass is 9.68. The molecule has 0 spiro atoms. The molecule has 0 heterocycles.